The van der Waals surface area contributed by atoms with E-state index in [2.05, 4.69) is 5.32 Å². The number of phenols is 1. The third-order valence-corrected chi connectivity index (χ3v) is 4.71. The average Bonchev–Trinajstić information content (AvgIpc) is 2.81. The Morgan fingerprint density at radius 1 is 1.03 bits per heavy atom. The lowest BCUT2D eigenvalue weighted by Crippen LogP contribution is -2.15. The number of aromatic carboxylic acids is 1. The van der Waals surface area contributed by atoms with Crippen molar-refractivity contribution in [3.8, 4) is 17.2 Å². The Kier molecular flexibility index (Phi) is 7.62. The van der Waals surface area contributed by atoms with Gasteiger partial charge in [-0.1, -0.05) is 18.2 Å². The summed E-state index contributed by atoms with van der Waals surface area (Å²) in [5.41, 5.74) is -0.379. The number of esters is 1. The molecule has 11 nitrogen and oxygen atoms in total. The highest BCUT2D eigenvalue weighted by atomic mass is 16.6. The van der Waals surface area contributed by atoms with E-state index < -0.39 is 34.2 Å². The number of nitro benzene ring substituents is 1. The minimum atomic E-state index is -1.34. The van der Waals surface area contributed by atoms with Crippen LogP contribution < -0.4 is 10.1 Å². The number of ether oxygens (including phenoxy) is 2. The van der Waals surface area contributed by atoms with Crippen LogP contribution in [0.5, 0.6) is 17.2 Å². The van der Waals surface area contributed by atoms with E-state index in [9.17, 15) is 34.7 Å². The second-order valence-electron chi connectivity index (χ2n) is 7.14. The van der Waals surface area contributed by atoms with Gasteiger partial charge in [-0.3, -0.25) is 14.9 Å². The molecule has 0 heterocycles. The molecule has 0 bridgehead atoms. The summed E-state index contributed by atoms with van der Waals surface area (Å²) in [7, 11) is 0. The van der Waals surface area contributed by atoms with Crippen LogP contribution in [-0.4, -0.2) is 39.6 Å². The van der Waals surface area contributed by atoms with Crippen molar-refractivity contribution in [2.45, 2.75) is 13.3 Å². The molecule has 3 aromatic carbocycles. The van der Waals surface area contributed by atoms with Gasteiger partial charge in [0, 0.05) is 6.07 Å². The molecule has 0 aromatic heterocycles. The number of rotatable bonds is 9. The molecule has 0 atom stereocenters. The van der Waals surface area contributed by atoms with Crippen molar-refractivity contribution in [3.05, 3.63) is 87.5 Å². The topological polar surface area (TPSA) is 165 Å². The highest BCUT2D eigenvalue weighted by Crippen LogP contribution is 2.31. The van der Waals surface area contributed by atoms with Crippen LogP contribution in [0.4, 0.5) is 11.4 Å². The third kappa shape index (κ3) is 6.11. The van der Waals surface area contributed by atoms with Crippen LogP contribution in [-0.2, 0) is 16.0 Å². The van der Waals surface area contributed by atoms with E-state index in [1.807, 2.05) is 0 Å². The van der Waals surface area contributed by atoms with E-state index in [1.54, 1.807) is 31.2 Å². The van der Waals surface area contributed by atoms with Gasteiger partial charge in [0.25, 0.3) is 0 Å². The quantitative estimate of drug-likeness (QED) is 0.232. The van der Waals surface area contributed by atoms with Gasteiger partial charge in [-0.15, -0.1) is 0 Å². The number of carboxylic acid groups (broad SMARTS) is 1. The highest BCUT2D eigenvalue weighted by molar-refractivity contribution is 6.02. The van der Waals surface area contributed by atoms with Crippen molar-refractivity contribution in [2.75, 3.05) is 11.9 Å². The van der Waals surface area contributed by atoms with E-state index >= 15 is 0 Å². The SMILES string of the molecule is CCOC(=O)c1ccc(Oc2ccccc2NC(=O)Cc2ccc(O)c([N+](=O)[O-])c2)cc1C(=O)O. The lowest BCUT2D eigenvalue weighted by molar-refractivity contribution is -0.385. The zero-order valence-corrected chi connectivity index (χ0v) is 18.4. The number of anilines is 1. The van der Waals surface area contributed by atoms with Crippen LogP contribution in [0, 0.1) is 10.1 Å². The summed E-state index contributed by atoms with van der Waals surface area (Å²) in [6.45, 7) is 1.69. The minimum absolute atomic E-state index is 0.0840. The standard InChI is InChI=1S/C24H20N2O9/c1-2-34-24(31)16-9-8-15(13-17(16)23(29)30)35-21-6-4-3-5-18(21)25-22(28)12-14-7-10-20(27)19(11-14)26(32)33/h3-11,13,27H,2,12H2,1H3,(H,25,28)(H,29,30). The third-order valence-electron chi connectivity index (χ3n) is 4.71. The number of hydrogen-bond acceptors (Lipinski definition) is 8. The number of nitrogens with zero attached hydrogens (tertiary/aromatic N) is 1. The van der Waals surface area contributed by atoms with Crippen LogP contribution in [0.2, 0.25) is 0 Å². The largest absolute Gasteiger partial charge is 0.502 e. The molecule has 0 aliphatic heterocycles. The molecular formula is C24H20N2O9. The fourth-order valence-corrected chi connectivity index (χ4v) is 3.14. The van der Waals surface area contributed by atoms with Crippen LogP contribution in [0.3, 0.4) is 0 Å². The first-order valence-electron chi connectivity index (χ1n) is 10.3. The number of phenolic OH excluding ortho intramolecular Hbond substituents is 1. The normalized spacial score (nSPS) is 10.3. The first kappa shape index (κ1) is 24.7. The van der Waals surface area contributed by atoms with Gasteiger partial charge >= 0.3 is 17.6 Å². The molecule has 11 heteroatoms. The Morgan fingerprint density at radius 2 is 1.77 bits per heavy atom. The molecule has 180 valence electrons. The lowest BCUT2D eigenvalue weighted by Gasteiger charge is -2.14. The number of para-hydroxylation sites is 2. The number of carbonyl (C=O) groups is 3. The van der Waals surface area contributed by atoms with E-state index in [-0.39, 0.29) is 41.3 Å². The van der Waals surface area contributed by atoms with Crippen LogP contribution in [0.15, 0.2) is 60.7 Å². The van der Waals surface area contributed by atoms with Crippen molar-refractivity contribution >= 4 is 29.2 Å². The number of nitro groups is 1. The fraction of sp³-hybridized carbons (Fsp3) is 0.125. The lowest BCUT2D eigenvalue weighted by atomic mass is 10.1. The predicted molar refractivity (Wildman–Crippen MR) is 123 cm³/mol. The van der Waals surface area contributed by atoms with Gasteiger partial charge in [-0.2, -0.15) is 0 Å². The van der Waals surface area contributed by atoms with Crippen molar-refractivity contribution < 1.29 is 39.0 Å². The molecule has 0 spiro atoms. The summed E-state index contributed by atoms with van der Waals surface area (Å²) in [6, 6.07) is 13.8. The summed E-state index contributed by atoms with van der Waals surface area (Å²) in [4.78, 5) is 46.4. The van der Waals surface area contributed by atoms with Crippen molar-refractivity contribution in [2.24, 2.45) is 0 Å². The zero-order valence-electron chi connectivity index (χ0n) is 18.4. The molecule has 0 saturated heterocycles. The first-order chi connectivity index (χ1) is 16.7. The van der Waals surface area contributed by atoms with Gasteiger partial charge in [0.05, 0.1) is 34.8 Å². The maximum Gasteiger partial charge on any atom is 0.339 e. The summed E-state index contributed by atoms with van der Waals surface area (Å²) in [5.74, 6) is -2.84. The van der Waals surface area contributed by atoms with Crippen LogP contribution >= 0.6 is 0 Å². The Bertz CT molecular complexity index is 1300. The van der Waals surface area contributed by atoms with Crippen molar-refractivity contribution in [1.82, 2.24) is 0 Å². The summed E-state index contributed by atoms with van der Waals surface area (Å²) in [5, 5.41) is 32.7. The molecule has 3 rings (SSSR count). The minimum Gasteiger partial charge on any atom is -0.502 e. The highest BCUT2D eigenvalue weighted by Gasteiger charge is 2.20. The molecule has 0 unspecified atom stereocenters. The molecule has 0 aliphatic carbocycles. The van der Waals surface area contributed by atoms with Gasteiger partial charge in [-0.05, 0) is 48.9 Å². The number of aromatic hydroxyl groups is 1. The summed E-state index contributed by atoms with van der Waals surface area (Å²) < 4.78 is 10.6. The van der Waals surface area contributed by atoms with Crippen molar-refractivity contribution in [3.63, 3.8) is 0 Å². The zero-order chi connectivity index (χ0) is 25.5. The van der Waals surface area contributed by atoms with E-state index in [0.717, 1.165) is 12.1 Å². The molecule has 1 amide bonds. The predicted octanol–water partition coefficient (Wildman–Crippen LogP) is 4.15. The number of amides is 1. The molecule has 0 fully saturated rings. The molecule has 3 aromatic rings. The Hall–Kier alpha value is -4.93. The average molecular weight is 480 g/mol. The van der Waals surface area contributed by atoms with Gasteiger partial charge < -0.3 is 25.0 Å². The molecule has 35 heavy (non-hydrogen) atoms. The molecule has 0 aliphatic rings. The number of benzene rings is 3. The number of hydrogen-bond donors (Lipinski definition) is 3. The Morgan fingerprint density at radius 3 is 2.46 bits per heavy atom. The maximum atomic E-state index is 12.5. The molecular weight excluding hydrogens is 460 g/mol. The van der Waals surface area contributed by atoms with Gasteiger partial charge in [0.2, 0.25) is 5.91 Å². The summed E-state index contributed by atoms with van der Waals surface area (Å²) >= 11 is 0. The van der Waals surface area contributed by atoms with Gasteiger partial charge in [0.1, 0.15) is 5.75 Å². The molecule has 0 saturated carbocycles. The van der Waals surface area contributed by atoms with Gasteiger partial charge in [0.15, 0.2) is 11.5 Å². The fourth-order valence-electron chi connectivity index (χ4n) is 3.14. The second-order valence-corrected chi connectivity index (χ2v) is 7.14. The Labute approximate surface area is 198 Å². The van der Waals surface area contributed by atoms with Crippen LogP contribution in [0.25, 0.3) is 0 Å². The van der Waals surface area contributed by atoms with Gasteiger partial charge in [-0.25, -0.2) is 9.59 Å². The number of carbonyl (C=O) groups excluding carboxylic acids is 2. The van der Waals surface area contributed by atoms with Crippen LogP contribution in [0.1, 0.15) is 33.2 Å². The van der Waals surface area contributed by atoms with Crippen molar-refractivity contribution in [1.29, 1.82) is 0 Å². The number of nitrogens with one attached hydrogen (secondary N) is 1. The van der Waals surface area contributed by atoms with E-state index in [0.29, 0.717) is 5.56 Å². The second kappa shape index (κ2) is 10.8. The van der Waals surface area contributed by atoms with E-state index in [1.165, 1.54) is 24.3 Å². The maximum absolute atomic E-state index is 12.5. The van der Waals surface area contributed by atoms with E-state index in [4.69, 9.17) is 9.47 Å². The Balaban J connectivity index is 1.80. The summed E-state index contributed by atoms with van der Waals surface area (Å²) in [6.07, 6.45) is -0.215. The molecule has 0 radical (unpaired) electrons. The first-order valence-corrected chi connectivity index (χ1v) is 10.3. The smallest absolute Gasteiger partial charge is 0.339 e. The number of carboxylic acids is 1. The molecule has 3 N–H and O–H groups in total. The monoisotopic (exact) mass is 480 g/mol.